The molecule has 0 aromatic carbocycles. The van der Waals surface area contributed by atoms with E-state index in [1.54, 1.807) is 11.3 Å². The van der Waals surface area contributed by atoms with Gasteiger partial charge in [-0.25, -0.2) is 4.99 Å². The van der Waals surface area contributed by atoms with Gasteiger partial charge >= 0.3 is 0 Å². The Balaban J connectivity index is 2.25. The standard InChI is InChI=1S/C11H16BrN3S/c1-8(2)7-15-11(13)14-6-5-9-3-4-10(12)16-9/h3-4H,1,5-7H2,2H3,(H3,13,14,15). The van der Waals surface area contributed by atoms with Crippen LogP contribution in [0, 0.1) is 0 Å². The molecule has 0 saturated heterocycles. The van der Waals surface area contributed by atoms with Crippen LogP contribution in [0.25, 0.3) is 0 Å². The molecule has 88 valence electrons. The molecule has 0 atom stereocenters. The highest BCUT2D eigenvalue weighted by Crippen LogP contribution is 2.21. The molecule has 0 fully saturated rings. The summed E-state index contributed by atoms with van der Waals surface area (Å²) in [5, 5.41) is 3.07. The van der Waals surface area contributed by atoms with Gasteiger partial charge in [0.15, 0.2) is 5.96 Å². The molecule has 1 heterocycles. The molecule has 0 bridgehead atoms. The molecule has 0 radical (unpaired) electrons. The predicted octanol–water partition coefficient (Wildman–Crippen LogP) is 2.53. The summed E-state index contributed by atoms with van der Waals surface area (Å²) >= 11 is 5.17. The third-order valence-electron chi connectivity index (χ3n) is 1.83. The number of nitrogens with one attached hydrogen (secondary N) is 1. The molecule has 3 N–H and O–H groups in total. The van der Waals surface area contributed by atoms with Crippen LogP contribution in [0.4, 0.5) is 0 Å². The van der Waals surface area contributed by atoms with Gasteiger partial charge in [-0.15, -0.1) is 11.3 Å². The van der Waals surface area contributed by atoms with Crippen LogP contribution in [-0.2, 0) is 6.42 Å². The lowest BCUT2D eigenvalue weighted by Crippen LogP contribution is -2.33. The van der Waals surface area contributed by atoms with Crippen molar-refractivity contribution in [2.24, 2.45) is 10.7 Å². The van der Waals surface area contributed by atoms with Crippen LogP contribution < -0.4 is 11.1 Å². The molecule has 3 nitrogen and oxygen atoms in total. The molecule has 1 aromatic heterocycles. The summed E-state index contributed by atoms with van der Waals surface area (Å²) in [6.45, 7) is 7.08. The van der Waals surface area contributed by atoms with E-state index in [9.17, 15) is 0 Å². The molecule has 16 heavy (non-hydrogen) atoms. The lowest BCUT2D eigenvalue weighted by atomic mass is 10.3. The molecule has 0 spiro atoms. The van der Waals surface area contributed by atoms with Gasteiger partial charge in [0.2, 0.25) is 0 Å². The Morgan fingerprint density at radius 2 is 2.38 bits per heavy atom. The van der Waals surface area contributed by atoms with Gasteiger partial charge in [-0.1, -0.05) is 12.2 Å². The van der Waals surface area contributed by atoms with E-state index in [-0.39, 0.29) is 0 Å². The average Bonchev–Trinajstić information content (AvgIpc) is 2.61. The molecule has 0 amide bonds. The van der Waals surface area contributed by atoms with Crippen molar-refractivity contribution in [2.45, 2.75) is 13.3 Å². The van der Waals surface area contributed by atoms with Crippen molar-refractivity contribution in [1.82, 2.24) is 5.32 Å². The minimum atomic E-state index is 0.485. The smallest absolute Gasteiger partial charge is 0.188 e. The minimum absolute atomic E-state index is 0.485. The maximum atomic E-state index is 5.68. The van der Waals surface area contributed by atoms with E-state index in [0.717, 1.165) is 22.3 Å². The van der Waals surface area contributed by atoms with E-state index in [1.165, 1.54) is 4.88 Å². The van der Waals surface area contributed by atoms with Gasteiger partial charge in [-0.2, -0.15) is 0 Å². The Hall–Kier alpha value is -0.810. The van der Waals surface area contributed by atoms with E-state index < -0.39 is 0 Å². The molecular weight excluding hydrogens is 286 g/mol. The molecule has 5 heteroatoms. The third kappa shape index (κ3) is 5.32. The second-order valence-corrected chi connectivity index (χ2v) is 6.09. The molecular formula is C11H16BrN3S. The van der Waals surface area contributed by atoms with Gasteiger partial charge < -0.3 is 11.1 Å². The van der Waals surface area contributed by atoms with Crippen LogP contribution in [0.2, 0.25) is 0 Å². The summed E-state index contributed by atoms with van der Waals surface area (Å²) in [5.41, 5.74) is 6.69. The van der Waals surface area contributed by atoms with Crippen LogP contribution in [0.1, 0.15) is 11.8 Å². The predicted molar refractivity (Wildman–Crippen MR) is 75.0 cm³/mol. The Bertz CT molecular complexity index is 384. The second-order valence-electron chi connectivity index (χ2n) is 3.54. The molecule has 1 aromatic rings. The Kier molecular flexibility index (Phi) is 5.55. The monoisotopic (exact) mass is 301 g/mol. The number of hydrogen-bond acceptors (Lipinski definition) is 2. The van der Waals surface area contributed by atoms with Gasteiger partial charge in [-0.3, -0.25) is 0 Å². The SMILES string of the molecule is C=C(C)CN=C(N)NCCc1ccc(Br)s1. The van der Waals surface area contributed by atoms with E-state index in [2.05, 4.69) is 45.0 Å². The van der Waals surface area contributed by atoms with Crippen molar-refractivity contribution in [1.29, 1.82) is 0 Å². The Morgan fingerprint density at radius 3 is 2.94 bits per heavy atom. The van der Waals surface area contributed by atoms with Crippen LogP contribution in [0.5, 0.6) is 0 Å². The first kappa shape index (κ1) is 13.3. The first-order valence-corrected chi connectivity index (χ1v) is 6.61. The summed E-state index contributed by atoms with van der Waals surface area (Å²) < 4.78 is 1.16. The summed E-state index contributed by atoms with van der Waals surface area (Å²) in [6.07, 6.45) is 0.958. The topological polar surface area (TPSA) is 50.4 Å². The molecule has 0 unspecified atom stereocenters. The fourth-order valence-corrected chi connectivity index (χ4v) is 2.56. The fraction of sp³-hybridized carbons (Fsp3) is 0.364. The first-order chi connectivity index (χ1) is 7.58. The van der Waals surface area contributed by atoms with E-state index >= 15 is 0 Å². The van der Waals surface area contributed by atoms with Gasteiger partial charge in [0.25, 0.3) is 0 Å². The highest BCUT2D eigenvalue weighted by Gasteiger charge is 1.97. The lowest BCUT2D eigenvalue weighted by molar-refractivity contribution is 0.862. The zero-order valence-electron chi connectivity index (χ0n) is 9.29. The number of rotatable bonds is 5. The molecule has 0 aliphatic rings. The zero-order valence-corrected chi connectivity index (χ0v) is 11.7. The van der Waals surface area contributed by atoms with Crippen LogP contribution >= 0.6 is 27.3 Å². The Labute approximate surface area is 109 Å². The number of nitrogens with two attached hydrogens (primary N) is 1. The van der Waals surface area contributed by atoms with E-state index in [4.69, 9.17) is 5.73 Å². The van der Waals surface area contributed by atoms with E-state index in [0.29, 0.717) is 12.5 Å². The fourth-order valence-electron chi connectivity index (χ4n) is 1.08. The van der Waals surface area contributed by atoms with E-state index in [1.807, 2.05) is 6.92 Å². The van der Waals surface area contributed by atoms with Crippen molar-refractivity contribution < 1.29 is 0 Å². The quantitative estimate of drug-likeness (QED) is 0.499. The summed E-state index contributed by atoms with van der Waals surface area (Å²) in [5.74, 6) is 0.485. The maximum Gasteiger partial charge on any atom is 0.188 e. The Morgan fingerprint density at radius 1 is 1.62 bits per heavy atom. The van der Waals surface area contributed by atoms with Gasteiger partial charge in [0.1, 0.15) is 0 Å². The summed E-state index contributed by atoms with van der Waals surface area (Å²) in [6, 6.07) is 4.16. The molecule has 0 aliphatic heterocycles. The van der Waals surface area contributed by atoms with Crippen molar-refractivity contribution in [3.8, 4) is 0 Å². The number of nitrogens with zero attached hydrogens (tertiary/aromatic N) is 1. The zero-order chi connectivity index (χ0) is 12.0. The largest absolute Gasteiger partial charge is 0.370 e. The van der Waals surface area contributed by atoms with Gasteiger partial charge in [0.05, 0.1) is 10.3 Å². The highest BCUT2D eigenvalue weighted by molar-refractivity contribution is 9.11. The van der Waals surface area contributed by atoms with Crippen molar-refractivity contribution in [2.75, 3.05) is 13.1 Å². The maximum absolute atomic E-state index is 5.68. The van der Waals surface area contributed by atoms with Crippen molar-refractivity contribution in [3.63, 3.8) is 0 Å². The van der Waals surface area contributed by atoms with Crippen LogP contribution in [0.15, 0.2) is 33.1 Å². The lowest BCUT2D eigenvalue weighted by Gasteiger charge is -2.04. The summed E-state index contributed by atoms with van der Waals surface area (Å²) in [4.78, 5) is 5.46. The van der Waals surface area contributed by atoms with Crippen molar-refractivity contribution >= 4 is 33.2 Å². The highest BCUT2D eigenvalue weighted by atomic mass is 79.9. The number of aliphatic imine (C=N–C) groups is 1. The molecule has 1 rings (SSSR count). The number of guanidine groups is 1. The second kappa shape index (κ2) is 6.70. The average molecular weight is 302 g/mol. The van der Waals surface area contributed by atoms with Crippen LogP contribution in [0.3, 0.4) is 0 Å². The molecule has 0 aliphatic carbocycles. The molecule has 0 saturated carbocycles. The number of thiophene rings is 1. The van der Waals surface area contributed by atoms with Crippen LogP contribution in [-0.4, -0.2) is 19.0 Å². The summed E-state index contributed by atoms with van der Waals surface area (Å²) in [7, 11) is 0. The van der Waals surface area contributed by atoms with Crippen molar-refractivity contribution in [3.05, 3.63) is 32.9 Å². The number of halogens is 1. The van der Waals surface area contributed by atoms with Gasteiger partial charge in [-0.05, 0) is 41.4 Å². The number of hydrogen-bond donors (Lipinski definition) is 2. The first-order valence-electron chi connectivity index (χ1n) is 5.00. The minimum Gasteiger partial charge on any atom is -0.370 e. The normalized spacial score (nSPS) is 11.5. The third-order valence-corrected chi connectivity index (χ3v) is 3.51. The van der Waals surface area contributed by atoms with Gasteiger partial charge in [0, 0.05) is 11.4 Å².